The Hall–Kier alpha value is -2.29. The molecule has 0 bridgehead atoms. The smallest absolute Gasteiger partial charge is 0.428 e. The van der Waals surface area contributed by atoms with Crippen molar-refractivity contribution < 1.29 is 32.5 Å². The number of amides is 1. The van der Waals surface area contributed by atoms with E-state index in [1.165, 1.54) is 13.0 Å². The SMILES string of the molecule is C[C@@H](O)COc1ccc(C2=NNC(=O)OC2)cc1C(F)(F)F. The van der Waals surface area contributed by atoms with E-state index in [-0.39, 0.29) is 24.5 Å². The van der Waals surface area contributed by atoms with Crippen molar-refractivity contribution in [3.8, 4) is 5.75 Å². The Bertz CT molecular complexity index is 599. The fourth-order valence-corrected chi connectivity index (χ4v) is 1.73. The average Bonchev–Trinajstić information content (AvgIpc) is 2.45. The lowest BCUT2D eigenvalue weighted by Crippen LogP contribution is -2.30. The van der Waals surface area contributed by atoms with Crippen molar-refractivity contribution in [1.29, 1.82) is 0 Å². The third-order valence-corrected chi connectivity index (χ3v) is 2.72. The number of carbonyl (C=O) groups excluding carboxylic acids is 1. The first-order valence-corrected chi connectivity index (χ1v) is 6.29. The van der Waals surface area contributed by atoms with Crippen LogP contribution >= 0.6 is 0 Å². The fourth-order valence-electron chi connectivity index (χ4n) is 1.73. The van der Waals surface area contributed by atoms with E-state index < -0.39 is 29.7 Å². The number of nitrogens with one attached hydrogen (secondary N) is 1. The lowest BCUT2D eigenvalue weighted by atomic mass is 10.1. The van der Waals surface area contributed by atoms with Crippen molar-refractivity contribution in [1.82, 2.24) is 5.43 Å². The van der Waals surface area contributed by atoms with Gasteiger partial charge in [-0.15, -0.1) is 0 Å². The molecule has 6 nitrogen and oxygen atoms in total. The summed E-state index contributed by atoms with van der Waals surface area (Å²) in [6.45, 7) is 0.915. The number of alkyl halides is 3. The number of halogens is 3. The number of cyclic esters (lactones) is 1. The van der Waals surface area contributed by atoms with E-state index in [4.69, 9.17) is 9.84 Å². The van der Waals surface area contributed by atoms with Crippen molar-refractivity contribution in [2.45, 2.75) is 19.2 Å². The summed E-state index contributed by atoms with van der Waals surface area (Å²) in [5, 5.41) is 12.8. The summed E-state index contributed by atoms with van der Waals surface area (Å²) < 4.78 is 48.9. The molecule has 2 N–H and O–H groups in total. The van der Waals surface area contributed by atoms with Crippen molar-refractivity contribution in [3.63, 3.8) is 0 Å². The maximum absolute atomic E-state index is 13.1. The van der Waals surface area contributed by atoms with Gasteiger partial charge < -0.3 is 14.6 Å². The molecule has 22 heavy (non-hydrogen) atoms. The maximum atomic E-state index is 13.1. The van der Waals surface area contributed by atoms with Crippen LogP contribution in [0.2, 0.25) is 0 Å². The number of benzene rings is 1. The Labute approximate surface area is 123 Å². The number of rotatable bonds is 4. The van der Waals surface area contributed by atoms with Crippen LogP contribution < -0.4 is 10.2 Å². The summed E-state index contributed by atoms with van der Waals surface area (Å²) in [6.07, 6.45) is -6.30. The molecule has 1 amide bonds. The molecule has 0 aliphatic carbocycles. The van der Waals surface area contributed by atoms with Crippen molar-refractivity contribution in [3.05, 3.63) is 29.3 Å². The number of hydrazone groups is 1. The van der Waals surface area contributed by atoms with Gasteiger partial charge in [-0.2, -0.15) is 18.3 Å². The molecule has 1 heterocycles. The number of hydrogen-bond donors (Lipinski definition) is 2. The monoisotopic (exact) mass is 318 g/mol. The fraction of sp³-hybridized carbons (Fsp3) is 0.385. The molecule has 1 aliphatic heterocycles. The molecule has 9 heteroatoms. The molecule has 0 unspecified atom stereocenters. The van der Waals surface area contributed by atoms with E-state index in [0.29, 0.717) is 0 Å². The molecule has 120 valence electrons. The molecule has 0 saturated heterocycles. The van der Waals surface area contributed by atoms with Gasteiger partial charge >= 0.3 is 12.3 Å². The zero-order valence-corrected chi connectivity index (χ0v) is 11.5. The van der Waals surface area contributed by atoms with Gasteiger partial charge in [-0.05, 0) is 25.1 Å². The van der Waals surface area contributed by atoms with E-state index in [0.717, 1.165) is 12.1 Å². The summed E-state index contributed by atoms with van der Waals surface area (Å²) in [6, 6.07) is 3.36. The highest BCUT2D eigenvalue weighted by atomic mass is 19.4. The van der Waals surface area contributed by atoms with Crippen LogP contribution in [-0.2, 0) is 10.9 Å². The first-order valence-electron chi connectivity index (χ1n) is 6.29. The van der Waals surface area contributed by atoms with Crippen LogP contribution in [0.3, 0.4) is 0 Å². The highest BCUT2D eigenvalue weighted by Crippen LogP contribution is 2.37. The minimum Gasteiger partial charge on any atom is -0.490 e. The second-order valence-corrected chi connectivity index (χ2v) is 4.62. The quantitative estimate of drug-likeness (QED) is 0.889. The Morgan fingerprint density at radius 1 is 1.50 bits per heavy atom. The number of nitrogens with zero attached hydrogens (tertiary/aromatic N) is 1. The Balaban J connectivity index is 2.33. The molecule has 1 aromatic carbocycles. The second-order valence-electron chi connectivity index (χ2n) is 4.62. The third-order valence-electron chi connectivity index (χ3n) is 2.72. The standard InChI is InChI=1S/C13H13F3N2O4/c1-7(19)5-21-11-3-2-8(4-9(11)13(14,15)16)10-6-22-12(20)18-17-10/h2-4,7,19H,5-6H2,1H3,(H,18,20)/t7-/m1/s1. The average molecular weight is 318 g/mol. The van der Waals surface area contributed by atoms with Crippen LogP contribution in [0, 0.1) is 0 Å². The Morgan fingerprint density at radius 2 is 2.23 bits per heavy atom. The van der Waals surface area contributed by atoms with Gasteiger partial charge in [0.2, 0.25) is 0 Å². The summed E-state index contributed by atoms with van der Waals surface area (Å²) >= 11 is 0. The molecule has 1 aromatic rings. The lowest BCUT2D eigenvalue weighted by Gasteiger charge is -2.18. The summed E-state index contributed by atoms with van der Waals surface area (Å²) in [7, 11) is 0. The van der Waals surface area contributed by atoms with Crippen molar-refractivity contribution in [2.75, 3.05) is 13.2 Å². The molecule has 2 rings (SSSR count). The molecule has 0 radical (unpaired) electrons. The minimum absolute atomic E-state index is 0.150. The highest BCUT2D eigenvalue weighted by molar-refractivity contribution is 6.03. The maximum Gasteiger partial charge on any atom is 0.428 e. The van der Waals surface area contributed by atoms with Crippen LogP contribution in [0.15, 0.2) is 23.3 Å². The van der Waals surface area contributed by atoms with E-state index in [1.54, 1.807) is 0 Å². The van der Waals surface area contributed by atoms with Gasteiger partial charge in [-0.3, -0.25) is 0 Å². The summed E-state index contributed by atoms with van der Waals surface area (Å²) in [5.74, 6) is -0.390. The van der Waals surface area contributed by atoms with Gasteiger partial charge in [-0.25, -0.2) is 10.2 Å². The van der Waals surface area contributed by atoms with E-state index in [9.17, 15) is 18.0 Å². The van der Waals surface area contributed by atoms with Gasteiger partial charge in [0.05, 0.1) is 11.7 Å². The van der Waals surface area contributed by atoms with Gasteiger partial charge in [-0.1, -0.05) is 0 Å². The normalized spacial score (nSPS) is 16.4. The van der Waals surface area contributed by atoms with Gasteiger partial charge in [0.15, 0.2) is 0 Å². The molecular formula is C13H13F3N2O4. The van der Waals surface area contributed by atoms with Gasteiger partial charge in [0.1, 0.15) is 24.7 Å². The summed E-state index contributed by atoms with van der Waals surface area (Å²) in [4.78, 5) is 10.8. The molecule has 0 aromatic heterocycles. The van der Waals surface area contributed by atoms with E-state index >= 15 is 0 Å². The van der Waals surface area contributed by atoms with Crippen molar-refractivity contribution in [2.24, 2.45) is 5.10 Å². The topological polar surface area (TPSA) is 80.2 Å². The number of carbonyl (C=O) groups is 1. The molecular weight excluding hydrogens is 305 g/mol. The predicted octanol–water partition coefficient (Wildman–Crippen LogP) is 1.91. The molecule has 1 aliphatic rings. The zero-order valence-electron chi connectivity index (χ0n) is 11.5. The van der Waals surface area contributed by atoms with Gasteiger partial charge in [0.25, 0.3) is 0 Å². The van der Waals surface area contributed by atoms with E-state index in [1.807, 2.05) is 5.43 Å². The second kappa shape index (κ2) is 6.22. The lowest BCUT2D eigenvalue weighted by molar-refractivity contribution is -0.139. The van der Waals surface area contributed by atoms with Crippen LogP contribution in [0.25, 0.3) is 0 Å². The third kappa shape index (κ3) is 3.88. The Morgan fingerprint density at radius 3 is 2.77 bits per heavy atom. The molecule has 0 saturated carbocycles. The van der Waals surface area contributed by atoms with Crippen LogP contribution in [0.5, 0.6) is 5.75 Å². The first kappa shape index (κ1) is 16.1. The molecule has 0 spiro atoms. The van der Waals surface area contributed by atoms with E-state index in [2.05, 4.69) is 9.84 Å². The first-order chi connectivity index (χ1) is 10.3. The molecule has 1 atom stereocenters. The number of ether oxygens (including phenoxy) is 2. The zero-order chi connectivity index (χ0) is 16.3. The minimum atomic E-state index is -4.64. The number of aliphatic hydroxyl groups excluding tert-OH is 1. The van der Waals surface area contributed by atoms with Crippen LogP contribution in [-0.4, -0.2) is 36.2 Å². The van der Waals surface area contributed by atoms with Crippen LogP contribution in [0.1, 0.15) is 18.1 Å². The summed E-state index contributed by atoms with van der Waals surface area (Å²) in [5.41, 5.74) is 1.34. The number of aliphatic hydroxyl groups is 1. The number of hydrogen-bond acceptors (Lipinski definition) is 5. The molecule has 0 fully saturated rings. The van der Waals surface area contributed by atoms with Crippen molar-refractivity contribution >= 4 is 11.8 Å². The van der Waals surface area contributed by atoms with Gasteiger partial charge in [0, 0.05) is 5.56 Å². The predicted molar refractivity (Wildman–Crippen MR) is 69.6 cm³/mol. The highest BCUT2D eigenvalue weighted by Gasteiger charge is 2.35. The Kier molecular flexibility index (Phi) is 4.55. The largest absolute Gasteiger partial charge is 0.490 e. The van der Waals surface area contributed by atoms with Crippen LogP contribution in [0.4, 0.5) is 18.0 Å².